The number of cyclic esters (lactones) is 1. The van der Waals surface area contributed by atoms with E-state index in [-0.39, 0.29) is 42.0 Å². The van der Waals surface area contributed by atoms with Crippen molar-refractivity contribution in [3.05, 3.63) is 70.1 Å². The van der Waals surface area contributed by atoms with Crippen LogP contribution in [0.2, 0.25) is 0 Å². The SMILES string of the molecule is COC[C@H]1OC(=O)/C(=C/N(C)Cc2ccccc2)C2=C(O)C(=O)C3=C([C@H](OC(C)=O)CC4(C)C(=O)CC[C@@H]34)[C@]21C. The van der Waals surface area contributed by atoms with Gasteiger partial charge in [0.1, 0.15) is 18.0 Å². The Labute approximate surface area is 233 Å². The van der Waals surface area contributed by atoms with Crippen molar-refractivity contribution in [2.24, 2.45) is 16.7 Å². The van der Waals surface area contributed by atoms with Gasteiger partial charge in [-0.05, 0) is 24.5 Å². The normalized spacial score (nSPS) is 32.5. The van der Waals surface area contributed by atoms with Gasteiger partial charge in [0.25, 0.3) is 0 Å². The zero-order chi connectivity index (χ0) is 29.0. The van der Waals surface area contributed by atoms with E-state index in [2.05, 4.69) is 0 Å². The smallest absolute Gasteiger partial charge is 0.340 e. The number of carbonyl (C=O) groups excluding carboxylic acids is 4. The van der Waals surface area contributed by atoms with E-state index in [1.54, 1.807) is 32.0 Å². The van der Waals surface area contributed by atoms with Gasteiger partial charge in [0.15, 0.2) is 5.76 Å². The van der Waals surface area contributed by atoms with Crippen LogP contribution in [0.5, 0.6) is 0 Å². The molecule has 40 heavy (non-hydrogen) atoms. The molecule has 212 valence electrons. The van der Waals surface area contributed by atoms with Crippen LogP contribution in [0.1, 0.15) is 45.6 Å². The molecule has 5 atom stereocenters. The summed E-state index contributed by atoms with van der Waals surface area (Å²) in [4.78, 5) is 54.6. The number of hydrogen-bond donors (Lipinski definition) is 1. The number of ketones is 2. The predicted molar refractivity (Wildman–Crippen MR) is 144 cm³/mol. The molecule has 1 aliphatic heterocycles. The Morgan fingerprint density at radius 1 is 1.20 bits per heavy atom. The molecular weight excluding hydrogens is 514 g/mol. The molecule has 1 aromatic carbocycles. The van der Waals surface area contributed by atoms with Gasteiger partial charge in [0.05, 0.1) is 17.6 Å². The first-order valence-corrected chi connectivity index (χ1v) is 13.5. The Morgan fingerprint density at radius 3 is 2.55 bits per heavy atom. The lowest BCUT2D eigenvalue weighted by Gasteiger charge is -2.53. The first-order chi connectivity index (χ1) is 18.9. The van der Waals surface area contributed by atoms with Crippen LogP contribution in [-0.4, -0.2) is 66.5 Å². The van der Waals surface area contributed by atoms with Gasteiger partial charge >= 0.3 is 11.9 Å². The molecule has 1 N–H and O–H groups in total. The zero-order valence-corrected chi connectivity index (χ0v) is 23.5. The monoisotopic (exact) mass is 549 g/mol. The number of Topliss-reactive ketones (excluding diaryl/α,β-unsaturated/α-hetero) is 2. The fourth-order valence-corrected chi connectivity index (χ4v) is 7.22. The Bertz CT molecular complexity index is 1370. The third-order valence-electron chi connectivity index (χ3n) is 9.04. The topological polar surface area (TPSA) is 119 Å². The van der Waals surface area contributed by atoms with E-state index in [0.717, 1.165) is 5.56 Å². The highest BCUT2D eigenvalue weighted by molar-refractivity contribution is 6.14. The molecule has 1 saturated carbocycles. The number of esters is 2. The third kappa shape index (κ3) is 4.18. The van der Waals surface area contributed by atoms with Crippen molar-refractivity contribution >= 4 is 23.5 Å². The minimum atomic E-state index is -1.26. The summed E-state index contributed by atoms with van der Waals surface area (Å²) < 4.78 is 17.2. The number of ether oxygens (including phenoxy) is 3. The lowest BCUT2D eigenvalue weighted by Crippen LogP contribution is -2.57. The van der Waals surface area contributed by atoms with Crippen molar-refractivity contribution in [3.63, 3.8) is 0 Å². The summed E-state index contributed by atoms with van der Waals surface area (Å²) in [6.07, 6.45) is 0.671. The maximum Gasteiger partial charge on any atom is 0.340 e. The molecule has 2 fully saturated rings. The fraction of sp³-hybridized carbons (Fsp3) is 0.484. The number of aliphatic hydroxyl groups is 1. The van der Waals surface area contributed by atoms with Crippen molar-refractivity contribution in [1.82, 2.24) is 4.90 Å². The lowest BCUT2D eigenvalue weighted by atomic mass is 9.53. The average molecular weight is 550 g/mol. The van der Waals surface area contributed by atoms with Crippen LogP contribution in [0.4, 0.5) is 0 Å². The number of fused-ring (bicyclic) bond motifs is 4. The average Bonchev–Trinajstić information content (AvgIpc) is 3.19. The van der Waals surface area contributed by atoms with Crippen LogP contribution in [0, 0.1) is 16.7 Å². The minimum Gasteiger partial charge on any atom is -0.504 e. The Balaban J connectivity index is 1.71. The van der Waals surface area contributed by atoms with E-state index in [1.165, 1.54) is 14.0 Å². The summed E-state index contributed by atoms with van der Waals surface area (Å²) >= 11 is 0. The Hall–Kier alpha value is -3.72. The summed E-state index contributed by atoms with van der Waals surface area (Å²) in [5.74, 6) is -2.91. The minimum absolute atomic E-state index is 0.0000523. The first-order valence-electron chi connectivity index (χ1n) is 13.5. The summed E-state index contributed by atoms with van der Waals surface area (Å²) in [6, 6.07) is 9.66. The summed E-state index contributed by atoms with van der Waals surface area (Å²) in [5, 5.41) is 11.6. The molecule has 3 aliphatic carbocycles. The van der Waals surface area contributed by atoms with Gasteiger partial charge in [-0.1, -0.05) is 37.3 Å². The standard InChI is InChI=1S/C31H35NO8/c1-17(33)39-21-13-30(2)20(11-12-22(30)34)24-26(21)31(3)23(16-38-5)40-29(37)19(25(31)28(36)27(24)35)15-32(4)14-18-9-7-6-8-10-18/h6-10,15,20-21,23,36H,11-14,16H2,1-5H3/b19-15+/t20-,21+,23+,30?,31-/m0/s1. The van der Waals surface area contributed by atoms with E-state index >= 15 is 0 Å². The number of allylic oxidation sites excluding steroid dienone is 1. The summed E-state index contributed by atoms with van der Waals surface area (Å²) in [5.41, 5.74) is -0.248. The van der Waals surface area contributed by atoms with Gasteiger partial charge in [-0.25, -0.2) is 4.79 Å². The van der Waals surface area contributed by atoms with Gasteiger partial charge in [-0.3, -0.25) is 14.4 Å². The molecule has 4 aliphatic rings. The largest absolute Gasteiger partial charge is 0.504 e. The molecular formula is C31H35NO8. The van der Waals surface area contributed by atoms with Gasteiger partial charge in [-0.2, -0.15) is 0 Å². The number of rotatable bonds is 6. The molecule has 9 nitrogen and oxygen atoms in total. The molecule has 0 bridgehead atoms. The first kappa shape index (κ1) is 27.8. The summed E-state index contributed by atoms with van der Waals surface area (Å²) in [6.45, 7) is 5.31. The molecule has 1 unspecified atom stereocenters. The maximum absolute atomic E-state index is 14.0. The van der Waals surface area contributed by atoms with E-state index in [1.807, 2.05) is 30.3 Å². The summed E-state index contributed by atoms with van der Waals surface area (Å²) in [7, 11) is 3.26. The highest BCUT2D eigenvalue weighted by atomic mass is 16.6. The molecule has 0 amide bonds. The number of hydrogen-bond acceptors (Lipinski definition) is 9. The molecule has 9 heteroatoms. The Morgan fingerprint density at radius 2 is 1.90 bits per heavy atom. The highest BCUT2D eigenvalue weighted by Crippen LogP contribution is 2.62. The number of methoxy groups -OCH3 is 1. The lowest BCUT2D eigenvalue weighted by molar-refractivity contribution is -0.160. The van der Waals surface area contributed by atoms with Crippen molar-refractivity contribution in [3.8, 4) is 0 Å². The van der Waals surface area contributed by atoms with Crippen LogP contribution in [0.25, 0.3) is 0 Å². The molecule has 0 radical (unpaired) electrons. The molecule has 0 spiro atoms. The van der Waals surface area contributed by atoms with Crippen LogP contribution < -0.4 is 0 Å². The second-order valence-electron chi connectivity index (χ2n) is 11.6. The molecule has 1 saturated heterocycles. The van der Waals surface area contributed by atoms with Crippen molar-refractivity contribution in [2.75, 3.05) is 20.8 Å². The Kier molecular flexibility index (Phi) is 6.98. The van der Waals surface area contributed by atoms with Crippen molar-refractivity contribution in [1.29, 1.82) is 0 Å². The van der Waals surface area contributed by atoms with E-state index in [9.17, 15) is 24.3 Å². The van der Waals surface area contributed by atoms with E-state index in [4.69, 9.17) is 14.2 Å². The van der Waals surface area contributed by atoms with Gasteiger partial charge in [0.2, 0.25) is 5.78 Å². The maximum atomic E-state index is 14.0. The van der Waals surface area contributed by atoms with Gasteiger partial charge in [0, 0.05) is 69.1 Å². The number of carbonyl (C=O) groups is 4. The quantitative estimate of drug-likeness (QED) is 0.419. The van der Waals surface area contributed by atoms with E-state index < -0.39 is 52.4 Å². The second-order valence-corrected chi connectivity index (χ2v) is 11.6. The van der Waals surface area contributed by atoms with Crippen LogP contribution in [-0.2, 0) is 39.9 Å². The van der Waals surface area contributed by atoms with Crippen LogP contribution in [0.15, 0.2) is 64.6 Å². The highest BCUT2D eigenvalue weighted by Gasteiger charge is 2.64. The van der Waals surface area contributed by atoms with Crippen LogP contribution in [0.3, 0.4) is 0 Å². The zero-order valence-electron chi connectivity index (χ0n) is 23.5. The second kappa shape index (κ2) is 10.0. The van der Waals surface area contributed by atoms with Gasteiger partial charge < -0.3 is 24.2 Å². The fourth-order valence-electron chi connectivity index (χ4n) is 7.22. The number of nitrogens with zero attached hydrogens (tertiary/aromatic N) is 1. The van der Waals surface area contributed by atoms with Crippen LogP contribution >= 0.6 is 0 Å². The third-order valence-corrected chi connectivity index (χ3v) is 9.04. The molecule has 0 aromatic heterocycles. The predicted octanol–water partition coefficient (Wildman–Crippen LogP) is 3.59. The molecule has 1 heterocycles. The van der Waals surface area contributed by atoms with Crippen molar-refractivity contribution in [2.45, 2.75) is 58.8 Å². The van der Waals surface area contributed by atoms with Crippen molar-refractivity contribution < 1.29 is 38.5 Å². The number of benzene rings is 1. The molecule has 1 aromatic rings. The van der Waals surface area contributed by atoms with Gasteiger partial charge in [-0.15, -0.1) is 0 Å². The molecule has 5 rings (SSSR count). The van der Waals surface area contributed by atoms with E-state index in [0.29, 0.717) is 18.5 Å². The number of aliphatic hydroxyl groups excluding tert-OH is 1.